The van der Waals surface area contributed by atoms with E-state index in [1.54, 1.807) is 0 Å². The maximum Gasteiger partial charge on any atom is 0.0726 e. The predicted molar refractivity (Wildman–Crippen MR) is 65.8 cm³/mol. The van der Waals surface area contributed by atoms with Crippen LogP contribution in [0.3, 0.4) is 0 Å². The SMILES string of the molecule is Cc1cc(-n2cccc2)c2ccccc2n1. The van der Waals surface area contributed by atoms with Crippen molar-refractivity contribution < 1.29 is 0 Å². The van der Waals surface area contributed by atoms with Crippen LogP contribution >= 0.6 is 0 Å². The summed E-state index contributed by atoms with van der Waals surface area (Å²) < 4.78 is 2.12. The molecule has 0 amide bonds. The van der Waals surface area contributed by atoms with Crippen LogP contribution in [0.1, 0.15) is 5.69 Å². The normalized spacial score (nSPS) is 10.8. The van der Waals surface area contributed by atoms with E-state index < -0.39 is 0 Å². The number of benzene rings is 1. The molecule has 16 heavy (non-hydrogen) atoms. The first-order valence-corrected chi connectivity index (χ1v) is 5.34. The Morgan fingerprint density at radius 1 is 1.00 bits per heavy atom. The van der Waals surface area contributed by atoms with Gasteiger partial charge in [0.2, 0.25) is 0 Å². The fourth-order valence-corrected chi connectivity index (χ4v) is 1.99. The molecule has 0 fully saturated rings. The second kappa shape index (κ2) is 3.49. The Balaban J connectivity index is 2.39. The van der Waals surface area contributed by atoms with Crippen LogP contribution in [0.5, 0.6) is 0 Å². The van der Waals surface area contributed by atoms with Crippen LogP contribution in [0.2, 0.25) is 0 Å². The molecule has 0 unspecified atom stereocenters. The standard InChI is InChI=1S/C14H12N2/c1-11-10-14(16-8-4-5-9-16)12-6-2-3-7-13(12)15-11/h2-10H,1H3. The Kier molecular flexibility index (Phi) is 2.00. The predicted octanol–water partition coefficient (Wildman–Crippen LogP) is 3.33. The summed E-state index contributed by atoms with van der Waals surface area (Å²) in [5, 5.41) is 1.18. The molecule has 0 N–H and O–H groups in total. The summed E-state index contributed by atoms with van der Waals surface area (Å²) in [4.78, 5) is 4.53. The molecule has 2 heteroatoms. The molecule has 0 aliphatic carbocycles. The molecule has 0 bridgehead atoms. The first kappa shape index (κ1) is 9.16. The smallest absolute Gasteiger partial charge is 0.0726 e. The van der Waals surface area contributed by atoms with E-state index in [0.29, 0.717) is 0 Å². The van der Waals surface area contributed by atoms with Crippen molar-refractivity contribution in [3.05, 3.63) is 60.6 Å². The highest BCUT2D eigenvalue weighted by Gasteiger charge is 2.03. The third-order valence-electron chi connectivity index (χ3n) is 2.71. The molecule has 78 valence electrons. The van der Waals surface area contributed by atoms with Crippen LogP contribution in [-0.2, 0) is 0 Å². The Morgan fingerprint density at radius 2 is 1.75 bits per heavy atom. The number of nitrogens with zero attached hydrogens (tertiary/aromatic N) is 2. The van der Waals surface area contributed by atoms with Crippen molar-refractivity contribution in [3.63, 3.8) is 0 Å². The fourth-order valence-electron chi connectivity index (χ4n) is 1.99. The number of aryl methyl sites for hydroxylation is 1. The van der Waals surface area contributed by atoms with Gasteiger partial charge in [-0.1, -0.05) is 18.2 Å². The minimum Gasteiger partial charge on any atom is -0.323 e. The van der Waals surface area contributed by atoms with Gasteiger partial charge in [0.25, 0.3) is 0 Å². The van der Waals surface area contributed by atoms with Crippen LogP contribution in [-0.4, -0.2) is 9.55 Å². The topological polar surface area (TPSA) is 17.8 Å². The molecule has 0 aliphatic rings. The number of aromatic nitrogens is 2. The van der Waals surface area contributed by atoms with E-state index in [1.165, 1.54) is 11.1 Å². The molecule has 3 rings (SSSR count). The molecule has 0 saturated heterocycles. The van der Waals surface area contributed by atoms with Gasteiger partial charge in [0, 0.05) is 23.5 Å². The van der Waals surface area contributed by atoms with Crippen molar-refractivity contribution in [1.29, 1.82) is 0 Å². The van der Waals surface area contributed by atoms with Crippen molar-refractivity contribution in [2.75, 3.05) is 0 Å². The Bertz CT molecular complexity index is 624. The summed E-state index contributed by atoms with van der Waals surface area (Å²) in [6.45, 7) is 2.03. The van der Waals surface area contributed by atoms with Gasteiger partial charge in [0.1, 0.15) is 0 Å². The van der Waals surface area contributed by atoms with Gasteiger partial charge in [-0.3, -0.25) is 4.98 Å². The number of hydrogen-bond donors (Lipinski definition) is 0. The summed E-state index contributed by atoms with van der Waals surface area (Å²) in [6, 6.07) is 14.4. The molecule has 0 saturated carbocycles. The van der Waals surface area contributed by atoms with E-state index >= 15 is 0 Å². The Morgan fingerprint density at radius 3 is 2.56 bits per heavy atom. The van der Waals surface area contributed by atoms with Crippen molar-refractivity contribution in [2.45, 2.75) is 6.92 Å². The van der Waals surface area contributed by atoms with E-state index in [-0.39, 0.29) is 0 Å². The van der Waals surface area contributed by atoms with Crippen LogP contribution in [0.4, 0.5) is 0 Å². The van der Waals surface area contributed by atoms with E-state index in [4.69, 9.17) is 0 Å². The second-order valence-corrected chi connectivity index (χ2v) is 3.89. The molecular weight excluding hydrogens is 196 g/mol. The zero-order chi connectivity index (χ0) is 11.0. The van der Waals surface area contributed by atoms with Crippen molar-refractivity contribution in [2.24, 2.45) is 0 Å². The molecule has 1 aromatic carbocycles. The molecule has 0 atom stereocenters. The monoisotopic (exact) mass is 208 g/mol. The number of pyridine rings is 1. The molecule has 2 nitrogen and oxygen atoms in total. The minimum absolute atomic E-state index is 1.04. The van der Waals surface area contributed by atoms with Gasteiger partial charge in [-0.15, -0.1) is 0 Å². The van der Waals surface area contributed by atoms with Gasteiger partial charge in [-0.2, -0.15) is 0 Å². The van der Waals surface area contributed by atoms with E-state index in [9.17, 15) is 0 Å². The molecule has 0 radical (unpaired) electrons. The quantitative estimate of drug-likeness (QED) is 0.599. The first-order valence-electron chi connectivity index (χ1n) is 5.34. The van der Waals surface area contributed by atoms with E-state index in [0.717, 1.165) is 11.2 Å². The maximum atomic E-state index is 4.53. The molecular formula is C14H12N2. The lowest BCUT2D eigenvalue weighted by Gasteiger charge is -2.08. The summed E-state index contributed by atoms with van der Waals surface area (Å²) in [7, 11) is 0. The number of rotatable bonds is 1. The van der Waals surface area contributed by atoms with E-state index in [1.807, 2.05) is 31.2 Å². The van der Waals surface area contributed by atoms with Gasteiger partial charge in [0.15, 0.2) is 0 Å². The number of hydrogen-bond acceptors (Lipinski definition) is 1. The van der Waals surface area contributed by atoms with Gasteiger partial charge in [0.05, 0.1) is 11.2 Å². The van der Waals surface area contributed by atoms with Crippen LogP contribution in [0.15, 0.2) is 54.9 Å². The largest absolute Gasteiger partial charge is 0.323 e. The second-order valence-electron chi connectivity index (χ2n) is 3.89. The first-order chi connectivity index (χ1) is 7.84. The lowest BCUT2D eigenvalue weighted by molar-refractivity contribution is 1.08. The maximum absolute atomic E-state index is 4.53. The van der Waals surface area contributed by atoms with Gasteiger partial charge in [-0.25, -0.2) is 0 Å². The van der Waals surface area contributed by atoms with Gasteiger partial charge in [-0.05, 0) is 31.2 Å². The Labute approximate surface area is 94.2 Å². The average molecular weight is 208 g/mol. The average Bonchev–Trinajstić information content (AvgIpc) is 2.81. The molecule has 0 aliphatic heterocycles. The molecule has 3 aromatic rings. The van der Waals surface area contributed by atoms with Gasteiger partial charge < -0.3 is 4.57 Å². The molecule has 2 heterocycles. The summed E-state index contributed by atoms with van der Waals surface area (Å²) >= 11 is 0. The zero-order valence-corrected chi connectivity index (χ0v) is 9.09. The van der Waals surface area contributed by atoms with Crippen molar-refractivity contribution >= 4 is 10.9 Å². The van der Waals surface area contributed by atoms with Crippen molar-refractivity contribution in [1.82, 2.24) is 9.55 Å². The zero-order valence-electron chi connectivity index (χ0n) is 9.09. The third-order valence-corrected chi connectivity index (χ3v) is 2.71. The van der Waals surface area contributed by atoms with Crippen molar-refractivity contribution in [3.8, 4) is 5.69 Å². The summed E-state index contributed by atoms with van der Waals surface area (Å²) in [5.74, 6) is 0. The lowest BCUT2D eigenvalue weighted by atomic mass is 10.1. The number of para-hydroxylation sites is 1. The molecule has 0 spiro atoms. The minimum atomic E-state index is 1.04. The molecule has 2 aromatic heterocycles. The van der Waals surface area contributed by atoms with Crippen LogP contribution in [0.25, 0.3) is 16.6 Å². The number of fused-ring (bicyclic) bond motifs is 1. The van der Waals surface area contributed by atoms with Crippen LogP contribution in [0, 0.1) is 6.92 Å². The van der Waals surface area contributed by atoms with Gasteiger partial charge >= 0.3 is 0 Å². The van der Waals surface area contributed by atoms with Crippen LogP contribution < -0.4 is 0 Å². The third kappa shape index (κ3) is 1.39. The lowest BCUT2D eigenvalue weighted by Crippen LogP contribution is -1.94. The van der Waals surface area contributed by atoms with E-state index in [2.05, 4.69) is 40.1 Å². The highest BCUT2D eigenvalue weighted by molar-refractivity contribution is 5.87. The highest BCUT2D eigenvalue weighted by atomic mass is 14.9. The fraction of sp³-hybridized carbons (Fsp3) is 0.0714. The Hall–Kier alpha value is -2.09. The summed E-state index contributed by atoms with van der Waals surface area (Å²) in [5.41, 5.74) is 3.28. The highest BCUT2D eigenvalue weighted by Crippen LogP contribution is 2.21. The summed E-state index contributed by atoms with van der Waals surface area (Å²) in [6.07, 6.45) is 4.11.